The molecular formula is C11H9BrClN3. The molecule has 0 atom stereocenters. The minimum Gasteiger partial charge on any atom is -0.396 e. The molecule has 0 bridgehead atoms. The number of nitrogens with zero attached hydrogens (tertiary/aromatic N) is 1. The number of halogens is 2. The highest BCUT2D eigenvalue weighted by atomic mass is 79.9. The van der Waals surface area contributed by atoms with E-state index in [0.717, 1.165) is 10.2 Å². The molecule has 1 aromatic carbocycles. The van der Waals surface area contributed by atoms with Gasteiger partial charge in [0.2, 0.25) is 0 Å². The fourth-order valence-corrected chi connectivity index (χ4v) is 1.78. The molecule has 82 valence electrons. The second-order valence-corrected chi connectivity index (χ2v) is 4.52. The van der Waals surface area contributed by atoms with E-state index >= 15 is 0 Å². The number of pyridine rings is 1. The lowest BCUT2D eigenvalue weighted by Gasteiger charge is -2.09. The standard InChI is InChI=1S/C11H9BrClN3/c12-7-5-9(14)11(15-6-7)16-10-4-2-1-3-8(10)13/h1-6H,14H2,(H,15,16). The zero-order valence-electron chi connectivity index (χ0n) is 8.24. The Morgan fingerprint density at radius 3 is 2.75 bits per heavy atom. The summed E-state index contributed by atoms with van der Waals surface area (Å²) in [6.07, 6.45) is 1.68. The van der Waals surface area contributed by atoms with Gasteiger partial charge in [-0.1, -0.05) is 23.7 Å². The van der Waals surface area contributed by atoms with Crippen molar-refractivity contribution in [1.29, 1.82) is 0 Å². The van der Waals surface area contributed by atoms with E-state index in [2.05, 4.69) is 26.2 Å². The Bertz CT molecular complexity index is 516. The SMILES string of the molecule is Nc1cc(Br)cnc1Nc1ccccc1Cl. The Morgan fingerprint density at radius 2 is 2.06 bits per heavy atom. The van der Waals surface area contributed by atoms with Gasteiger partial charge in [0.25, 0.3) is 0 Å². The van der Waals surface area contributed by atoms with Crippen LogP contribution in [0.5, 0.6) is 0 Å². The molecule has 1 heterocycles. The van der Waals surface area contributed by atoms with Crippen LogP contribution >= 0.6 is 27.5 Å². The molecule has 0 fully saturated rings. The van der Waals surface area contributed by atoms with E-state index in [1.165, 1.54) is 0 Å². The number of nitrogens with two attached hydrogens (primary N) is 1. The summed E-state index contributed by atoms with van der Waals surface area (Å²) in [6.45, 7) is 0. The number of anilines is 3. The van der Waals surface area contributed by atoms with Crippen molar-refractivity contribution in [3.8, 4) is 0 Å². The first-order valence-corrected chi connectivity index (χ1v) is 5.76. The predicted octanol–water partition coefficient (Wildman–Crippen LogP) is 3.82. The van der Waals surface area contributed by atoms with Crippen molar-refractivity contribution in [2.24, 2.45) is 0 Å². The maximum absolute atomic E-state index is 6.02. The Hall–Kier alpha value is -1.26. The number of hydrogen-bond donors (Lipinski definition) is 2. The second-order valence-electron chi connectivity index (χ2n) is 3.20. The van der Waals surface area contributed by atoms with Gasteiger partial charge >= 0.3 is 0 Å². The van der Waals surface area contributed by atoms with Crippen LogP contribution in [0.4, 0.5) is 17.2 Å². The molecule has 0 saturated heterocycles. The van der Waals surface area contributed by atoms with Crippen molar-refractivity contribution in [3.05, 3.63) is 46.0 Å². The molecule has 0 amide bonds. The molecule has 0 unspecified atom stereocenters. The number of nitrogen functional groups attached to an aromatic ring is 1. The van der Waals surface area contributed by atoms with Crippen LogP contribution in [0.1, 0.15) is 0 Å². The van der Waals surface area contributed by atoms with Crippen LogP contribution in [-0.2, 0) is 0 Å². The number of benzene rings is 1. The highest BCUT2D eigenvalue weighted by molar-refractivity contribution is 9.10. The maximum Gasteiger partial charge on any atom is 0.153 e. The first-order valence-electron chi connectivity index (χ1n) is 4.59. The van der Waals surface area contributed by atoms with Crippen LogP contribution in [0.25, 0.3) is 0 Å². The lowest BCUT2D eigenvalue weighted by atomic mass is 10.3. The second kappa shape index (κ2) is 4.72. The number of aromatic nitrogens is 1. The van der Waals surface area contributed by atoms with Gasteiger partial charge in [0, 0.05) is 10.7 Å². The fraction of sp³-hybridized carbons (Fsp3) is 0. The predicted molar refractivity (Wildman–Crippen MR) is 71.1 cm³/mol. The zero-order valence-corrected chi connectivity index (χ0v) is 10.6. The topological polar surface area (TPSA) is 50.9 Å². The molecule has 0 radical (unpaired) electrons. The van der Waals surface area contributed by atoms with E-state index in [1.54, 1.807) is 18.3 Å². The molecule has 0 aliphatic carbocycles. The van der Waals surface area contributed by atoms with Gasteiger partial charge in [-0.3, -0.25) is 0 Å². The molecule has 3 N–H and O–H groups in total. The molecular weight excluding hydrogens is 289 g/mol. The van der Waals surface area contributed by atoms with E-state index in [0.29, 0.717) is 16.5 Å². The summed E-state index contributed by atoms with van der Waals surface area (Å²) >= 11 is 9.32. The smallest absolute Gasteiger partial charge is 0.153 e. The highest BCUT2D eigenvalue weighted by Gasteiger charge is 2.04. The number of rotatable bonds is 2. The molecule has 0 aliphatic rings. The van der Waals surface area contributed by atoms with Gasteiger partial charge < -0.3 is 11.1 Å². The number of nitrogens with one attached hydrogen (secondary N) is 1. The third kappa shape index (κ3) is 2.46. The van der Waals surface area contributed by atoms with Crippen molar-refractivity contribution < 1.29 is 0 Å². The molecule has 5 heteroatoms. The first kappa shape index (κ1) is 11.2. The van der Waals surface area contributed by atoms with Crippen molar-refractivity contribution in [1.82, 2.24) is 4.98 Å². The summed E-state index contributed by atoms with van der Waals surface area (Å²) in [5.41, 5.74) is 7.17. The average molecular weight is 299 g/mol. The Balaban J connectivity index is 2.31. The van der Waals surface area contributed by atoms with Gasteiger partial charge in [-0.2, -0.15) is 0 Å². The van der Waals surface area contributed by atoms with Gasteiger partial charge in [-0.05, 0) is 34.1 Å². The maximum atomic E-state index is 6.02. The van der Waals surface area contributed by atoms with Crippen LogP contribution in [-0.4, -0.2) is 4.98 Å². The molecule has 0 saturated carbocycles. The van der Waals surface area contributed by atoms with E-state index in [-0.39, 0.29) is 0 Å². The Kier molecular flexibility index (Phi) is 3.31. The van der Waals surface area contributed by atoms with E-state index < -0.39 is 0 Å². The normalized spacial score (nSPS) is 10.1. The third-order valence-electron chi connectivity index (χ3n) is 2.01. The van der Waals surface area contributed by atoms with Crippen LogP contribution in [0.2, 0.25) is 5.02 Å². The average Bonchev–Trinajstić information content (AvgIpc) is 2.25. The molecule has 0 aliphatic heterocycles. The van der Waals surface area contributed by atoms with Crippen LogP contribution < -0.4 is 11.1 Å². The lowest BCUT2D eigenvalue weighted by molar-refractivity contribution is 1.30. The summed E-state index contributed by atoms with van der Waals surface area (Å²) < 4.78 is 0.842. The lowest BCUT2D eigenvalue weighted by Crippen LogP contribution is -1.99. The third-order valence-corrected chi connectivity index (χ3v) is 2.77. The minimum atomic E-state index is 0.564. The molecule has 1 aromatic heterocycles. The summed E-state index contributed by atoms with van der Waals surface area (Å²) in [7, 11) is 0. The van der Waals surface area contributed by atoms with Gasteiger partial charge in [0.15, 0.2) is 5.82 Å². The van der Waals surface area contributed by atoms with Crippen LogP contribution in [0.3, 0.4) is 0 Å². The quantitative estimate of drug-likeness (QED) is 0.886. The van der Waals surface area contributed by atoms with Gasteiger partial charge in [-0.25, -0.2) is 4.98 Å². The van der Waals surface area contributed by atoms with E-state index in [9.17, 15) is 0 Å². The fourth-order valence-electron chi connectivity index (χ4n) is 1.25. The zero-order chi connectivity index (χ0) is 11.5. The van der Waals surface area contributed by atoms with Gasteiger partial charge in [0.05, 0.1) is 16.4 Å². The summed E-state index contributed by atoms with van der Waals surface area (Å²) in [6, 6.07) is 9.21. The monoisotopic (exact) mass is 297 g/mol. The summed E-state index contributed by atoms with van der Waals surface area (Å²) in [5, 5.41) is 3.71. The molecule has 2 rings (SSSR count). The minimum absolute atomic E-state index is 0.564. The van der Waals surface area contributed by atoms with Gasteiger partial charge in [-0.15, -0.1) is 0 Å². The van der Waals surface area contributed by atoms with Crippen LogP contribution in [0, 0.1) is 0 Å². The van der Waals surface area contributed by atoms with E-state index in [1.807, 2.05) is 18.2 Å². The molecule has 16 heavy (non-hydrogen) atoms. The van der Waals surface area contributed by atoms with E-state index in [4.69, 9.17) is 17.3 Å². The molecule has 3 nitrogen and oxygen atoms in total. The number of para-hydroxylation sites is 1. The number of hydrogen-bond acceptors (Lipinski definition) is 3. The van der Waals surface area contributed by atoms with Crippen molar-refractivity contribution >= 4 is 44.7 Å². The van der Waals surface area contributed by atoms with Crippen molar-refractivity contribution in [3.63, 3.8) is 0 Å². The largest absolute Gasteiger partial charge is 0.396 e. The summed E-state index contributed by atoms with van der Waals surface area (Å²) in [5.74, 6) is 0.594. The molecule has 2 aromatic rings. The first-order chi connectivity index (χ1) is 7.66. The highest BCUT2D eigenvalue weighted by Crippen LogP contribution is 2.27. The van der Waals surface area contributed by atoms with Gasteiger partial charge in [0.1, 0.15) is 0 Å². The van der Waals surface area contributed by atoms with Crippen LogP contribution in [0.15, 0.2) is 41.0 Å². The van der Waals surface area contributed by atoms with Crippen molar-refractivity contribution in [2.45, 2.75) is 0 Å². The van der Waals surface area contributed by atoms with Crippen molar-refractivity contribution in [2.75, 3.05) is 11.1 Å². The molecule has 0 spiro atoms. The Morgan fingerprint density at radius 1 is 1.31 bits per heavy atom. The Labute approximate surface area is 107 Å². The summed E-state index contributed by atoms with van der Waals surface area (Å²) in [4.78, 5) is 4.17.